The molecule has 2 rings (SSSR count). The minimum absolute atomic E-state index is 0.199. The van der Waals surface area contributed by atoms with E-state index in [0.29, 0.717) is 12.0 Å². The fourth-order valence-corrected chi connectivity index (χ4v) is 3.60. The van der Waals surface area contributed by atoms with Crippen LogP contribution < -0.4 is 5.32 Å². The number of hydrogen-bond donors (Lipinski definition) is 2. The van der Waals surface area contributed by atoms with Crippen molar-refractivity contribution in [2.45, 2.75) is 56.6 Å². The number of aliphatic hydroxyl groups excluding tert-OH is 1. The first-order valence-corrected chi connectivity index (χ1v) is 8.91. The topological polar surface area (TPSA) is 32.3 Å². The van der Waals surface area contributed by atoms with E-state index in [1.165, 1.54) is 35.3 Å². The Balaban J connectivity index is 1.98. The minimum Gasteiger partial charge on any atom is -0.393 e. The number of hydrogen-bond acceptors (Lipinski definition) is 3. The lowest BCUT2D eigenvalue weighted by atomic mass is 9.87. The number of nitrogens with one attached hydrogen (secondary N) is 1. The molecule has 3 unspecified atom stereocenters. The molecule has 0 heterocycles. The molecule has 0 saturated carbocycles. The number of fused-ring (bicyclic) bond motifs is 1. The van der Waals surface area contributed by atoms with Crippen LogP contribution in [0, 0.1) is 5.92 Å². The highest BCUT2D eigenvalue weighted by molar-refractivity contribution is 7.98. The van der Waals surface area contributed by atoms with Crippen LogP contribution in [0.3, 0.4) is 0 Å². The van der Waals surface area contributed by atoms with Crippen LogP contribution in [0.2, 0.25) is 0 Å². The predicted molar refractivity (Wildman–Crippen MR) is 87.4 cm³/mol. The van der Waals surface area contributed by atoms with Crippen molar-refractivity contribution in [2.24, 2.45) is 5.92 Å². The van der Waals surface area contributed by atoms with Crippen LogP contribution in [-0.4, -0.2) is 24.0 Å². The summed E-state index contributed by atoms with van der Waals surface area (Å²) in [4.78, 5) is 1.37. The number of aliphatic hydroxyl groups is 1. The van der Waals surface area contributed by atoms with Crippen LogP contribution in [0.15, 0.2) is 23.1 Å². The van der Waals surface area contributed by atoms with E-state index in [2.05, 4.69) is 36.7 Å². The van der Waals surface area contributed by atoms with Gasteiger partial charge in [-0.05, 0) is 74.6 Å². The highest BCUT2D eigenvalue weighted by Gasteiger charge is 2.20. The third-order valence-corrected chi connectivity index (χ3v) is 4.85. The van der Waals surface area contributed by atoms with Crippen LogP contribution in [-0.2, 0) is 6.42 Å². The average molecular weight is 293 g/mol. The van der Waals surface area contributed by atoms with E-state index in [1.807, 2.05) is 18.7 Å². The molecule has 0 fully saturated rings. The SMILES string of the molecule is CSc1ccc2c(c1)CCCC2NCC(C)CC(C)O. The van der Waals surface area contributed by atoms with Gasteiger partial charge in [-0.15, -0.1) is 11.8 Å². The minimum atomic E-state index is -0.199. The molecule has 0 amide bonds. The molecule has 1 aliphatic carbocycles. The first kappa shape index (κ1) is 15.9. The van der Waals surface area contributed by atoms with Crippen molar-refractivity contribution in [1.29, 1.82) is 0 Å². The van der Waals surface area contributed by atoms with E-state index in [9.17, 15) is 5.11 Å². The van der Waals surface area contributed by atoms with Gasteiger partial charge >= 0.3 is 0 Å². The van der Waals surface area contributed by atoms with Crippen LogP contribution in [0.5, 0.6) is 0 Å². The molecule has 112 valence electrons. The summed E-state index contributed by atoms with van der Waals surface area (Å²) in [5.74, 6) is 0.519. The zero-order valence-corrected chi connectivity index (χ0v) is 13.7. The Labute approximate surface area is 127 Å². The van der Waals surface area contributed by atoms with Crippen molar-refractivity contribution in [3.63, 3.8) is 0 Å². The van der Waals surface area contributed by atoms with Crippen molar-refractivity contribution in [3.05, 3.63) is 29.3 Å². The lowest BCUT2D eigenvalue weighted by Crippen LogP contribution is -2.30. The Morgan fingerprint density at radius 2 is 2.20 bits per heavy atom. The van der Waals surface area contributed by atoms with E-state index < -0.39 is 0 Å². The molecule has 2 nitrogen and oxygen atoms in total. The maximum absolute atomic E-state index is 9.45. The average Bonchev–Trinajstić information content (AvgIpc) is 2.43. The van der Waals surface area contributed by atoms with E-state index in [4.69, 9.17) is 0 Å². The lowest BCUT2D eigenvalue weighted by molar-refractivity contribution is 0.162. The maximum atomic E-state index is 9.45. The summed E-state index contributed by atoms with van der Waals surface area (Å²) in [7, 11) is 0. The highest BCUT2D eigenvalue weighted by atomic mass is 32.2. The van der Waals surface area contributed by atoms with Crippen molar-refractivity contribution < 1.29 is 5.11 Å². The second kappa shape index (κ2) is 7.48. The molecule has 3 atom stereocenters. The molecule has 1 aromatic carbocycles. The lowest BCUT2D eigenvalue weighted by Gasteiger charge is -2.28. The molecule has 0 radical (unpaired) electrons. The highest BCUT2D eigenvalue weighted by Crippen LogP contribution is 2.32. The van der Waals surface area contributed by atoms with E-state index in [1.54, 1.807) is 0 Å². The van der Waals surface area contributed by atoms with Gasteiger partial charge in [-0.25, -0.2) is 0 Å². The van der Waals surface area contributed by atoms with Gasteiger partial charge in [0.05, 0.1) is 6.10 Å². The van der Waals surface area contributed by atoms with Crippen LogP contribution in [0.4, 0.5) is 0 Å². The molecule has 2 N–H and O–H groups in total. The maximum Gasteiger partial charge on any atom is 0.0515 e. The molecular weight excluding hydrogens is 266 g/mol. The fraction of sp³-hybridized carbons (Fsp3) is 0.647. The largest absolute Gasteiger partial charge is 0.393 e. The molecule has 0 aromatic heterocycles. The van der Waals surface area contributed by atoms with Crippen LogP contribution >= 0.6 is 11.8 Å². The van der Waals surface area contributed by atoms with Gasteiger partial charge in [-0.3, -0.25) is 0 Å². The van der Waals surface area contributed by atoms with Crippen molar-refractivity contribution in [1.82, 2.24) is 5.32 Å². The summed E-state index contributed by atoms with van der Waals surface area (Å²) in [5, 5.41) is 13.1. The Kier molecular flexibility index (Phi) is 5.94. The van der Waals surface area contributed by atoms with Gasteiger partial charge in [0.25, 0.3) is 0 Å². The van der Waals surface area contributed by atoms with Crippen LogP contribution in [0.25, 0.3) is 0 Å². The Bertz CT molecular complexity index is 433. The molecule has 20 heavy (non-hydrogen) atoms. The third-order valence-electron chi connectivity index (χ3n) is 4.12. The van der Waals surface area contributed by atoms with Gasteiger partial charge in [0.2, 0.25) is 0 Å². The zero-order valence-electron chi connectivity index (χ0n) is 12.9. The summed E-state index contributed by atoms with van der Waals surface area (Å²) in [5.41, 5.74) is 3.00. The smallest absolute Gasteiger partial charge is 0.0515 e. The summed E-state index contributed by atoms with van der Waals surface area (Å²) in [6.45, 7) is 5.07. The summed E-state index contributed by atoms with van der Waals surface area (Å²) >= 11 is 1.82. The summed E-state index contributed by atoms with van der Waals surface area (Å²) in [6.07, 6.45) is 6.52. The number of aryl methyl sites for hydroxylation is 1. The monoisotopic (exact) mass is 293 g/mol. The molecule has 0 spiro atoms. The number of thioether (sulfide) groups is 1. The summed E-state index contributed by atoms with van der Waals surface area (Å²) in [6, 6.07) is 7.39. The molecule has 0 aliphatic heterocycles. The standard InChI is InChI=1S/C17H27NOS/c1-12(9-13(2)19)11-18-17-6-4-5-14-10-15(20-3)7-8-16(14)17/h7-8,10,12-13,17-19H,4-6,9,11H2,1-3H3. The molecule has 1 aliphatic rings. The van der Waals surface area contributed by atoms with E-state index in [0.717, 1.165) is 13.0 Å². The predicted octanol–water partition coefficient (Wildman–Crippen LogP) is 3.78. The number of rotatable bonds is 6. The molecule has 0 bridgehead atoms. The second-order valence-corrected chi connectivity index (χ2v) is 6.99. The van der Waals surface area contributed by atoms with Gasteiger partial charge in [-0.1, -0.05) is 13.0 Å². The van der Waals surface area contributed by atoms with Crippen molar-refractivity contribution in [2.75, 3.05) is 12.8 Å². The van der Waals surface area contributed by atoms with Gasteiger partial charge < -0.3 is 10.4 Å². The quantitative estimate of drug-likeness (QED) is 0.783. The van der Waals surface area contributed by atoms with Gasteiger partial charge in [0.15, 0.2) is 0 Å². The second-order valence-electron chi connectivity index (χ2n) is 6.11. The molecule has 1 aromatic rings. The molecule has 0 saturated heterocycles. The normalized spacial score (nSPS) is 21.3. The summed E-state index contributed by atoms with van der Waals surface area (Å²) < 4.78 is 0. The van der Waals surface area contributed by atoms with Gasteiger partial charge in [0.1, 0.15) is 0 Å². The first-order chi connectivity index (χ1) is 9.60. The zero-order chi connectivity index (χ0) is 14.5. The Morgan fingerprint density at radius 1 is 1.40 bits per heavy atom. The number of benzene rings is 1. The van der Waals surface area contributed by atoms with Gasteiger partial charge in [-0.2, -0.15) is 0 Å². The molecule has 3 heteroatoms. The third kappa shape index (κ3) is 4.24. The molecular formula is C17H27NOS. The van der Waals surface area contributed by atoms with Gasteiger partial charge in [0, 0.05) is 10.9 Å². The fourth-order valence-electron chi connectivity index (χ4n) is 3.14. The Morgan fingerprint density at radius 3 is 2.90 bits per heavy atom. The Hall–Kier alpha value is -0.510. The van der Waals surface area contributed by atoms with Crippen molar-refractivity contribution >= 4 is 11.8 Å². The first-order valence-electron chi connectivity index (χ1n) is 7.68. The van der Waals surface area contributed by atoms with E-state index >= 15 is 0 Å². The van der Waals surface area contributed by atoms with E-state index in [-0.39, 0.29) is 6.10 Å². The van der Waals surface area contributed by atoms with Crippen molar-refractivity contribution in [3.8, 4) is 0 Å². The van der Waals surface area contributed by atoms with Crippen LogP contribution in [0.1, 0.15) is 50.3 Å².